The van der Waals surface area contributed by atoms with Crippen molar-refractivity contribution < 1.29 is 4.74 Å². The largest absolute Gasteiger partial charge is 0.380 e. The zero-order chi connectivity index (χ0) is 11.6. The van der Waals surface area contributed by atoms with Gasteiger partial charge in [0.25, 0.3) is 0 Å². The number of unbranched alkanes of at least 4 members (excludes halogenated alkanes) is 1. The molecule has 3 nitrogen and oxygen atoms in total. The highest BCUT2D eigenvalue weighted by Gasteiger charge is 1.98. The van der Waals surface area contributed by atoms with E-state index in [1.54, 1.807) is 11.3 Å². The summed E-state index contributed by atoms with van der Waals surface area (Å²) in [4.78, 5) is 4.49. The second kappa shape index (κ2) is 8.67. The molecule has 0 aliphatic rings. The summed E-state index contributed by atoms with van der Waals surface area (Å²) in [6.45, 7) is 7.75. The van der Waals surface area contributed by atoms with Gasteiger partial charge in [0.15, 0.2) is 0 Å². The molecule has 0 aliphatic heterocycles. The number of aromatic nitrogens is 1. The van der Waals surface area contributed by atoms with Gasteiger partial charge in [0.2, 0.25) is 0 Å². The highest BCUT2D eigenvalue weighted by Crippen LogP contribution is 2.09. The maximum Gasteiger partial charge on any atom is 0.0926 e. The fourth-order valence-electron chi connectivity index (χ4n) is 1.30. The summed E-state index contributed by atoms with van der Waals surface area (Å²) >= 11 is 1.74. The highest BCUT2D eigenvalue weighted by molar-refractivity contribution is 7.09. The van der Waals surface area contributed by atoms with Crippen LogP contribution in [0.25, 0.3) is 0 Å². The van der Waals surface area contributed by atoms with Crippen LogP contribution < -0.4 is 5.32 Å². The first-order valence-electron chi connectivity index (χ1n) is 6.08. The Morgan fingerprint density at radius 2 is 2.25 bits per heavy atom. The van der Waals surface area contributed by atoms with Crippen LogP contribution in [0, 0.1) is 0 Å². The van der Waals surface area contributed by atoms with Crippen molar-refractivity contribution in [2.45, 2.75) is 39.7 Å². The molecule has 0 fully saturated rings. The molecule has 1 aromatic heterocycles. The van der Waals surface area contributed by atoms with Crippen molar-refractivity contribution in [3.8, 4) is 0 Å². The van der Waals surface area contributed by atoms with E-state index < -0.39 is 0 Å². The minimum atomic E-state index is 0.796. The molecule has 92 valence electrons. The molecule has 0 atom stereocenters. The fraction of sp³-hybridized carbons (Fsp3) is 0.750. The summed E-state index contributed by atoms with van der Waals surface area (Å²) in [6, 6.07) is 0. The zero-order valence-corrected chi connectivity index (χ0v) is 11.1. The Labute approximate surface area is 102 Å². The maximum absolute atomic E-state index is 5.46. The number of hydrogen-bond acceptors (Lipinski definition) is 4. The van der Waals surface area contributed by atoms with Gasteiger partial charge in [-0.15, -0.1) is 11.3 Å². The third kappa shape index (κ3) is 5.58. The maximum atomic E-state index is 5.46. The molecular weight excluding hydrogens is 220 g/mol. The van der Waals surface area contributed by atoms with Gasteiger partial charge >= 0.3 is 0 Å². The summed E-state index contributed by atoms with van der Waals surface area (Å²) < 4.78 is 5.46. The Hall–Kier alpha value is -0.450. The smallest absolute Gasteiger partial charge is 0.0926 e. The number of hydrogen-bond donors (Lipinski definition) is 1. The zero-order valence-electron chi connectivity index (χ0n) is 10.3. The van der Waals surface area contributed by atoms with Crippen molar-refractivity contribution in [2.24, 2.45) is 0 Å². The average molecular weight is 242 g/mol. The lowest BCUT2D eigenvalue weighted by atomic mass is 10.4. The molecule has 0 saturated heterocycles. The third-order valence-corrected chi connectivity index (χ3v) is 3.32. The second-order valence-electron chi connectivity index (χ2n) is 3.73. The lowest BCUT2D eigenvalue weighted by Gasteiger charge is -2.04. The molecule has 1 heterocycles. The van der Waals surface area contributed by atoms with E-state index in [0.717, 1.165) is 44.8 Å². The molecule has 0 bridgehead atoms. The van der Waals surface area contributed by atoms with Gasteiger partial charge in [0.05, 0.1) is 17.3 Å². The summed E-state index contributed by atoms with van der Waals surface area (Å²) in [5.41, 5.74) is 1.15. The van der Waals surface area contributed by atoms with Crippen molar-refractivity contribution in [2.75, 3.05) is 19.8 Å². The van der Waals surface area contributed by atoms with Gasteiger partial charge in [0, 0.05) is 25.1 Å². The van der Waals surface area contributed by atoms with Crippen LogP contribution in [-0.2, 0) is 17.7 Å². The first-order valence-corrected chi connectivity index (χ1v) is 6.96. The second-order valence-corrected chi connectivity index (χ2v) is 4.67. The number of nitrogens with zero attached hydrogens (tertiary/aromatic N) is 1. The third-order valence-electron chi connectivity index (χ3n) is 2.27. The van der Waals surface area contributed by atoms with E-state index in [9.17, 15) is 0 Å². The van der Waals surface area contributed by atoms with E-state index in [1.807, 2.05) is 0 Å². The molecule has 0 spiro atoms. The lowest BCUT2D eigenvalue weighted by Crippen LogP contribution is -2.19. The van der Waals surface area contributed by atoms with E-state index in [1.165, 1.54) is 11.4 Å². The van der Waals surface area contributed by atoms with Crippen molar-refractivity contribution >= 4 is 11.3 Å². The SMILES string of the molecule is CCCCOCCNCc1csc(CC)n1. The van der Waals surface area contributed by atoms with Crippen molar-refractivity contribution in [3.05, 3.63) is 16.1 Å². The number of ether oxygens (including phenoxy) is 1. The highest BCUT2D eigenvalue weighted by atomic mass is 32.1. The van der Waals surface area contributed by atoms with Crippen LogP contribution in [0.3, 0.4) is 0 Å². The Morgan fingerprint density at radius 1 is 1.38 bits per heavy atom. The van der Waals surface area contributed by atoms with Gasteiger partial charge in [-0.2, -0.15) is 0 Å². The van der Waals surface area contributed by atoms with Gasteiger partial charge in [-0.1, -0.05) is 20.3 Å². The first kappa shape index (κ1) is 13.6. The quantitative estimate of drug-likeness (QED) is 0.676. The fourth-order valence-corrected chi connectivity index (χ4v) is 2.05. The van der Waals surface area contributed by atoms with Crippen LogP contribution in [0.2, 0.25) is 0 Å². The van der Waals surface area contributed by atoms with Gasteiger partial charge in [-0.05, 0) is 12.8 Å². The van der Waals surface area contributed by atoms with Crippen LogP contribution in [-0.4, -0.2) is 24.7 Å². The number of rotatable bonds is 9. The predicted octanol–water partition coefficient (Wildman–Crippen LogP) is 2.61. The summed E-state index contributed by atoms with van der Waals surface area (Å²) in [7, 11) is 0. The Kier molecular flexibility index (Phi) is 7.38. The van der Waals surface area contributed by atoms with Gasteiger partial charge in [-0.25, -0.2) is 4.98 Å². The molecule has 1 N–H and O–H groups in total. The van der Waals surface area contributed by atoms with E-state index in [4.69, 9.17) is 4.74 Å². The summed E-state index contributed by atoms with van der Waals surface area (Å²) in [5, 5.41) is 6.68. The van der Waals surface area contributed by atoms with Crippen molar-refractivity contribution in [1.29, 1.82) is 0 Å². The lowest BCUT2D eigenvalue weighted by molar-refractivity contribution is 0.133. The molecule has 0 saturated carbocycles. The van der Waals surface area contributed by atoms with Crippen molar-refractivity contribution in [1.82, 2.24) is 10.3 Å². The summed E-state index contributed by atoms with van der Waals surface area (Å²) in [6.07, 6.45) is 3.39. The van der Waals surface area contributed by atoms with Crippen molar-refractivity contribution in [3.63, 3.8) is 0 Å². The van der Waals surface area contributed by atoms with E-state index in [2.05, 4.69) is 29.5 Å². The first-order chi connectivity index (χ1) is 7.86. The number of aryl methyl sites for hydroxylation is 1. The number of thiazole rings is 1. The average Bonchev–Trinajstić information content (AvgIpc) is 2.76. The molecule has 4 heteroatoms. The standard InChI is InChI=1S/C12H22N2OS/c1-3-5-7-15-8-6-13-9-11-10-16-12(4-2)14-11/h10,13H,3-9H2,1-2H3. The van der Waals surface area contributed by atoms with E-state index in [-0.39, 0.29) is 0 Å². The van der Waals surface area contributed by atoms with E-state index >= 15 is 0 Å². The Morgan fingerprint density at radius 3 is 2.94 bits per heavy atom. The molecule has 0 amide bonds. The minimum absolute atomic E-state index is 0.796. The predicted molar refractivity (Wildman–Crippen MR) is 68.9 cm³/mol. The molecule has 0 aromatic carbocycles. The molecule has 16 heavy (non-hydrogen) atoms. The minimum Gasteiger partial charge on any atom is -0.380 e. The van der Waals surface area contributed by atoms with Crippen LogP contribution in [0.4, 0.5) is 0 Å². The Balaban J connectivity index is 1.98. The molecule has 0 radical (unpaired) electrons. The van der Waals surface area contributed by atoms with Crippen LogP contribution in [0.5, 0.6) is 0 Å². The van der Waals surface area contributed by atoms with Crippen LogP contribution >= 0.6 is 11.3 Å². The summed E-state index contributed by atoms with van der Waals surface area (Å²) in [5.74, 6) is 0. The molecular formula is C12H22N2OS. The van der Waals surface area contributed by atoms with Crippen LogP contribution in [0.1, 0.15) is 37.4 Å². The van der Waals surface area contributed by atoms with Gasteiger partial charge in [0.1, 0.15) is 0 Å². The Bertz CT molecular complexity index is 276. The topological polar surface area (TPSA) is 34.1 Å². The van der Waals surface area contributed by atoms with E-state index in [0.29, 0.717) is 0 Å². The molecule has 1 rings (SSSR count). The monoisotopic (exact) mass is 242 g/mol. The van der Waals surface area contributed by atoms with Gasteiger partial charge < -0.3 is 10.1 Å². The number of nitrogens with one attached hydrogen (secondary N) is 1. The molecule has 0 aliphatic carbocycles. The normalized spacial score (nSPS) is 10.9. The molecule has 1 aromatic rings. The van der Waals surface area contributed by atoms with Gasteiger partial charge in [-0.3, -0.25) is 0 Å². The molecule has 0 unspecified atom stereocenters. The van der Waals surface area contributed by atoms with Crippen LogP contribution in [0.15, 0.2) is 5.38 Å².